The summed E-state index contributed by atoms with van der Waals surface area (Å²) in [5, 5.41) is 3.18. The molecule has 0 bridgehead atoms. The lowest BCUT2D eigenvalue weighted by Crippen LogP contribution is -2.20. The van der Waals surface area contributed by atoms with E-state index in [1.54, 1.807) is 0 Å². The molecule has 0 unspecified atom stereocenters. The Hall–Kier alpha value is -2.73. The summed E-state index contributed by atoms with van der Waals surface area (Å²) >= 11 is 1.15. The van der Waals surface area contributed by atoms with Gasteiger partial charge in [0.05, 0.1) is 0 Å². The van der Waals surface area contributed by atoms with Crippen molar-refractivity contribution in [2.24, 2.45) is 0 Å². The number of nitrogens with zero attached hydrogens (tertiary/aromatic N) is 2. The first kappa shape index (κ1) is 16.1. The normalized spacial score (nSPS) is 10.4. The number of amides is 1. The second-order valence-electron chi connectivity index (χ2n) is 5.35. The minimum Gasteiger partial charge on any atom is -0.483 e. The van der Waals surface area contributed by atoms with E-state index in [0.29, 0.717) is 11.0 Å². The Labute approximate surface area is 144 Å². The molecule has 3 aromatic rings. The summed E-state index contributed by atoms with van der Waals surface area (Å²) in [4.78, 5) is 16.4. The van der Waals surface area contributed by atoms with Crippen molar-refractivity contribution in [1.29, 1.82) is 0 Å². The molecule has 24 heavy (non-hydrogen) atoms. The molecule has 0 atom stereocenters. The number of nitrogens with one attached hydrogen (secondary N) is 1. The standard InChI is InChI=1S/C18H17N3O2S/c1-12-7-6-8-13(2)16(12)23-11-15(22)19-18-20-17(21-24-18)14-9-4-3-5-10-14/h3-10H,11H2,1-2H3,(H,19,20,21,22). The van der Waals surface area contributed by atoms with Gasteiger partial charge in [0.15, 0.2) is 12.4 Å². The molecule has 6 heteroatoms. The van der Waals surface area contributed by atoms with Crippen LogP contribution in [0.25, 0.3) is 11.4 Å². The zero-order valence-electron chi connectivity index (χ0n) is 13.4. The fraction of sp³-hybridized carbons (Fsp3) is 0.167. The van der Waals surface area contributed by atoms with Crippen molar-refractivity contribution in [3.8, 4) is 17.1 Å². The van der Waals surface area contributed by atoms with E-state index in [2.05, 4.69) is 14.7 Å². The highest BCUT2D eigenvalue weighted by molar-refractivity contribution is 7.10. The van der Waals surface area contributed by atoms with Crippen LogP contribution in [0.15, 0.2) is 48.5 Å². The van der Waals surface area contributed by atoms with E-state index in [1.807, 2.05) is 62.4 Å². The highest BCUT2D eigenvalue weighted by atomic mass is 32.1. The number of hydrogen-bond acceptors (Lipinski definition) is 5. The van der Waals surface area contributed by atoms with Gasteiger partial charge in [0.1, 0.15) is 5.75 Å². The van der Waals surface area contributed by atoms with E-state index >= 15 is 0 Å². The molecule has 0 aliphatic carbocycles. The molecular formula is C18H17N3O2S. The Morgan fingerprint density at radius 3 is 2.50 bits per heavy atom. The number of anilines is 1. The van der Waals surface area contributed by atoms with Crippen molar-refractivity contribution in [3.63, 3.8) is 0 Å². The highest BCUT2D eigenvalue weighted by Gasteiger charge is 2.11. The largest absolute Gasteiger partial charge is 0.483 e. The number of benzene rings is 2. The Kier molecular flexibility index (Phi) is 4.86. The number of para-hydroxylation sites is 1. The predicted octanol–water partition coefficient (Wildman–Crippen LogP) is 3.84. The lowest BCUT2D eigenvalue weighted by atomic mass is 10.1. The van der Waals surface area contributed by atoms with E-state index in [9.17, 15) is 4.79 Å². The van der Waals surface area contributed by atoms with Crippen LogP contribution in [0.2, 0.25) is 0 Å². The van der Waals surface area contributed by atoms with Crippen LogP contribution in [0.1, 0.15) is 11.1 Å². The van der Waals surface area contributed by atoms with Crippen LogP contribution in [-0.2, 0) is 4.79 Å². The molecule has 5 nitrogen and oxygen atoms in total. The second-order valence-corrected chi connectivity index (χ2v) is 6.10. The number of carbonyl (C=O) groups is 1. The lowest BCUT2D eigenvalue weighted by molar-refractivity contribution is -0.118. The van der Waals surface area contributed by atoms with E-state index in [0.717, 1.165) is 34.0 Å². The molecule has 3 rings (SSSR count). The summed E-state index contributed by atoms with van der Waals surface area (Å²) in [5.41, 5.74) is 2.93. The molecule has 1 heterocycles. The minimum atomic E-state index is -0.256. The SMILES string of the molecule is Cc1cccc(C)c1OCC(=O)Nc1nc(-c2ccccc2)ns1. The number of ether oxygens (including phenoxy) is 1. The number of aryl methyl sites for hydroxylation is 2. The van der Waals surface area contributed by atoms with Crippen molar-refractivity contribution < 1.29 is 9.53 Å². The molecule has 0 saturated heterocycles. The fourth-order valence-corrected chi connectivity index (χ4v) is 2.90. The Balaban J connectivity index is 1.61. The summed E-state index contributed by atoms with van der Waals surface area (Å²) in [6.45, 7) is 3.85. The smallest absolute Gasteiger partial charge is 0.264 e. The summed E-state index contributed by atoms with van der Waals surface area (Å²) in [6.07, 6.45) is 0. The van der Waals surface area contributed by atoms with Gasteiger partial charge in [-0.05, 0) is 25.0 Å². The van der Waals surface area contributed by atoms with Gasteiger partial charge >= 0.3 is 0 Å². The maximum absolute atomic E-state index is 12.1. The average Bonchev–Trinajstić information content (AvgIpc) is 3.03. The van der Waals surface area contributed by atoms with Crippen molar-refractivity contribution in [3.05, 3.63) is 59.7 Å². The van der Waals surface area contributed by atoms with E-state index < -0.39 is 0 Å². The molecule has 0 fully saturated rings. The van der Waals surface area contributed by atoms with Crippen LogP contribution < -0.4 is 10.1 Å². The lowest BCUT2D eigenvalue weighted by Gasteiger charge is -2.11. The summed E-state index contributed by atoms with van der Waals surface area (Å²) in [6, 6.07) is 15.5. The number of rotatable bonds is 5. The van der Waals surface area contributed by atoms with Crippen molar-refractivity contribution in [2.75, 3.05) is 11.9 Å². The average molecular weight is 339 g/mol. The second kappa shape index (κ2) is 7.23. The van der Waals surface area contributed by atoms with Gasteiger partial charge in [0.25, 0.3) is 5.91 Å². The zero-order valence-corrected chi connectivity index (χ0v) is 14.3. The molecule has 122 valence electrons. The number of hydrogen-bond donors (Lipinski definition) is 1. The third kappa shape index (κ3) is 3.78. The maximum atomic E-state index is 12.1. The Morgan fingerprint density at radius 2 is 1.79 bits per heavy atom. The van der Waals surface area contributed by atoms with Gasteiger partial charge in [-0.15, -0.1) is 0 Å². The molecule has 1 amide bonds. The van der Waals surface area contributed by atoms with E-state index in [-0.39, 0.29) is 12.5 Å². The van der Waals surface area contributed by atoms with Crippen LogP contribution in [0.3, 0.4) is 0 Å². The van der Waals surface area contributed by atoms with Crippen LogP contribution >= 0.6 is 11.5 Å². The van der Waals surface area contributed by atoms with Crippen molar-refractivity contribution in [1.82, 2.24) is 9.36 Å². The molecule has 0 saturated carbocycles. The topological polar surface area (TPSA) is 64.1 Å². The van der Waals surface area contributed by atoms with Gasteiger partial charge in [-0.1, -0.05) is 48.5 Å². The van der Waals surface area contributed by atoms with Gasteiger partial charge < -0.3 is 4.74 Å². The van der Waals surface area contributed by atoms with Crippen LogP contribution in [-0.4, -0.2) is 21.9 Å². The molecule has 1 aromatic heterocycles. The molecule has 2 aromatic carbocycles. The predicted molar refractivity (Wildman–Crippen MR) is 95.4 cm³/mol. The quantitative estimate of drug-likeness (QED) is 0.767. The summed E-state index contributed by atoms with van der Waals surface area (Å²) in [7, 11) is 0. The van der Waals surface area contributed by atoms with Gasteiger partial charge in [0, 0.05) is 17.1 Å². The summed E-state index contributed by atoms with van der Waals surface area (Å²) < 4.78 is 9.90. The molecule has 0 aliphatic heterocycles. The fourth-order valence-electron chi connectivity index (χ4n) is 2.30. The highest BCUT2D eigenvalue weighted by Crippen LogP contribution is 2.23. The van der Waals surface area contributed by atoms with E-state index in [1.165, 1.54) is 0 Å². The molecule has 1 N–H and O–H groups in total. The van der Waals surface area contributed by atoms with Gasteiger partial charge in [-0.2, -0.15) is 9.36 Å². The Morgan fingerprint density at radius 1 is 1.08 bits per heavy atom. The third-order valence-corrected chi connectivity index (χ3v) is 4.09. The summed E-state index contributed by atoms with van der Waals surface area (Å²) in [5.74, 6) is 1.09. The molecule has 0 radical (unpaired) electrons. The number of carbonyl (C=O) groups excluding carboxylic acids is 1. The van der Waals surface area contributed by atoms with Crippen molar-refractivity contribution >= 4 is 22.6 Å². The molecule has 0 spiro atoms. The first-order chi connectivity index (χ1) is 11.6. The van der Waals surface area contributed by atoms with Crippen LogP contribution in [0.5, 0.6) is 5.75 Å². The number of aromatic nitrogens is 2. The maximum Gasteiger partial charge on any atom is 0.264 e. The van der Waals surface area contributed by atoms with Gasteiger partial charge in [-0.25, -0.2) is 0 Å². The first-order valence-corrected chi connectivity index (χ1v) is 8.29. The zero-order chi connectivity index (χ0) is 16.9. The van der Waals surface area contributed by atoms with Crippen molar-refractivity contribution in [2.45, 2.75) is 13.8 Å². The van der Waals surface area contributed by atoms with Crippen LogP contribution in [0.4, 0.5) is 5.13 Å². The van der Waals surface area contributed by atoms with Crippen LogP contribution in [0, 0.1) is 13.8 Å². The molecule has 0 aliphatic rings. The van der Waals surface area contributed by atoms with Gasteiger partial charge in [0.2, 0.25) is 5.13 Å². The Bertz CT molecular complexity index is 826. The molecular weight excluding hydrogens is 322 g/mol. The van der Waals surface area contributed by atoms with Gasteiger partial charge in [-0.3, -0.25) is 10.1 Å². The minimum absolute atomic E-state index is 0.0635. The van der Waals surface area contributed by atoms with E-state index in [4.69, 9.17) is 4.74 Å². The third-order valence-electron chi connectivity index (χ3n) is 3.46. The monoisotopic (exact) mass is 339 g/mol. The first-order valence-electron chi connectivity index (χ1n) is 7.51.